The van der Waals surface area contributed by atoms with Crippen LogP contribution >= 0.6 is 11.3 Å². The number of aryl methyl sites for hydroxylation is 1. The van der Waals surface area contributed by atoms with Gasteiger partial charge in [-0.2, -0.15) is 0 Å². The van der Waals surface area contributed by atoms with Crippen LogP contribution in [-0.4, -0.2) is 69.6 Å². The number of aliphatic hydroxyl groups is 1. The molecule has 0 radical (unpaired) electrons. The molecule has 2 unspecified atom stereocenters. The zero-order chi connectivity index (χ0) is 31.7. The third-order valence-corrected chi connectivity index (χ3v) is 8.01. The number of nitrogens with one attached hydrogen (secondary N) is 1. The molecule has 2 atom stereocenters. The van der Waals surface area contributed by atoms with Crippen molar-refractivity contribution in [2.24, 2.45) is 0 Å². The number of rotatable bonds is 9. The average molecular weight is 642 g/mol. The number of anilines is 1. The van der Waals surface area contributed by atoms with Crippen molar-refractivity contribution in [3.63, 3.8) is 0 Å². The Hall–Kier alpha value is -4.76. The topological polar surface area (TPSA) is 138 Å². The second kappa shape index (κ2) is 12.3. The average Bonchev–Trinajstić information content (AvgIpc) is 3.54. The smallest absolute Gasteiger partial charge is 0.412 e. The Bertz CT molecular complexity index is 1870. The highest BCUT2D eigenvalue weighted by atomic mass is 32.1. The molecule has 45 heavy (non-hydrogen) atoms. The summed E-state index contributed by atoms with van der Waals surface area (Å²) < 4.78 is 66.1. The van der Waals surface area contributed by atoms with E-state index in [9.17, 15) is 13.6 Å². The van der Waals surface area contributed by atoms with Gasteiger partial charge >= 0.3 is 12.1 Å². The van der Waals surface area contributed by atoms with E-state index in [4.69, 9.17) is 24.1 Å². The highest BCUT2D eigenvalue weighted by Crippen LogP contribution is 2.41. The molecular weight excluding hydrogens is 615 g/mol. The van der Waals surface area contributed by atoms with Crippen molar-refractivity contribution in [2.75, 3.05) is 25.6 Å². The van der Waals surface area contributed by atoms with Crippen LogP contribution in [0.2, 0.25) is 0 Å². The maximum Gasteiger partial charge on any atom is 0.412 e. The minimum Gasteiger partial charge on any atom is -0.495 e. The zero-order valence-electron chi connectivity index (χ0n) is 23.9. The normalized spacial score (nSPS) is 17.4. The molecular formula is C30H26F3N5O6S. The first-order chi connectivity index (χ1) is 21.6. The molecule has 15 heteroatoms. The molecule has 5 aromatic rings. The minimum atomic E-state index is -3.20. The van der Waals surface area contributed by atoms with Crippen molar-refractivity contribution in [3.8, 4) is 28.1 Å². The molecule has 1 amide bonds. The summed E-state index contributed by atoms with van der Waals surface area (Å²) in [7, 11) is 1.56. The van der Waals surface area contributed by atoms with Gasteiger partial charge in [-0.05, 0) is 30.7 Å². The van der Waals surface area contributed by atoms with Gasteiger partial charge in [0.2, 0.25) is 0 Å². The number of benzene rings is 2. The molecule has 1 fully saturated rings. The molecule has 2 aromatic carbocycles. The van der Waals surface area contributed by atoms with Crippen molar-refractivity contribution >= 4 is 44.2 Å². The fourth-order valence-corrected chi connectivity index (χ4v) is 5.99. The number of hydrogen-bond acceptors (Lipinski definition) is 11. The summed E-state index contributed by atoms with van der Waals surface area (Å²) in [6.07, 6.45) is -1.27. The van der Waals surface area contributed by atoms with E-state index >= 15 is 4.39 Å². The number of carbonyl (C=O) groups excluding carboxylic acids is 1. The number of alkyl halides is 2. The largest absolute Gasteiger partial charge is 0.495 e. The van der Waals surface area contributed by atoms with Gasteiger partial charge in [-0.15, -0.1) is 11.3 Å². The van der Waals surface area contributed by atoms with Gasteiger partial charge in [-0.25, -0.2) is 32.9 Å². The Kier molecular flexibility index (Phi) is 8.29. The van der Waals surface area contributed by atoms with Gasteiger partial charge in [0.25, 0.3) is 5.92 Å². The highest BCUT2D eigenvalue weighted by Gasteiger charge is 2.50. The molecule has 0 aliphatic heterocycles. The van der Waals surface area contributed by atoms with Crippen LogP contribution in [0.25, 0.3) is 31.7 Å². The van der Waals surface area contributed by atoms with E-state index in [0.717, 1.165) is 16.5 Å². The number of aliphatic hydroxyl groups excluding tert-OH is 1. The summed E-state index contributed by atoms with van der Waals surface area (Å²) in [6, 6.07) is 8.35. The number of ether oxygens (including phenoxy) is 4. The second-order valence-corrected chi connectivity index (χ2v) is 11.4. The number of halogens is 3. The lowest BCUT2D eigenvalue weighted by molar-refractivity contribution is -0.00574. The minimum absolute atomic E-state index is 0.0127. The first-order valence-corrected chi connectivity index (χ1v) is 14.5. The summed E-state index contributed by atoms with van der Waals surface area (Å²) in [5, 5.41) is 12.6. The van der Waals surface area contributed by atoms with Crippen LogP contribution in [0.4, 0.5) is 23.7 Å². The predicted molar refractivity (Wildman–Crippen MR) is 159 cm³/mol. The number of aromatic nitrogens is 4. The Morgan fingerprint density at radius 1 is 1.09 bits per heavy atom. The van der Waals surface area contributed by atoms with Gasteiger partial charge in [0, 0.05) is 23.1 Å². The lowest BCUT2D eigenvalue weighted by Gasteiger charge is -2.21. The molecule has 1 aliphatic carbocycles. The van der Waals surface area contributed by atoms with Crippen molar-refractivity contribution in [3.05, 3.63) is 60.3 Å². The van der Waals surface area contributed by atoms with E-state index in [1.165, 1.54) is 35.9 Å². The fraction of sp³-hybridized carbons (Fsp3) is 0.300. The number of pyridine rings is 1. The van der Waals surface area contributed by atoms with Gasteiger partial charge in [-0.3, -0.25) is 10.3 Å². The molecule has 3 heterocycles. The van der Waals surface area contributed by atoms with Crippen LogP contribution in [0.15, 0.2) is 48.9 Å². The molecule has 0 spiro atoms. The first-order valence-electron chi connectivity index (χ1n) is 13.7. The molecule has 234 valence electrons. The number of methoxy groups -OCH3 is 1. The lowest BCUT2D eigenvalue weighted by atomic mass is 10.1. The van der Waals surface area contributed by atoms with E-state index in [-0.39, 0.29) is 30.7 Å². The van der Waals surface area contributed by atoms with Crippen LogP contribution in [0, 0.1) is 12.7 Å². The summed E-state index contributed by atoms with van der Waals surface area (Å²) in [4.78, 5) is 29.4. The van der Waals surface area contributed by atoms with Crippen molar-refractivity contribution in [1.82, 2.24) is 19.9 Å². The van der Waals surface area contributed by atoms with Crippen molar-refractivity contribution in [2.45, 2.75) is 37.9 Å². The van der Waals surface area contributed by atoms with Gasteiger partial charge in [0.05, 0.1) is 66.6 Å². The first kappa shape index (κ1) is 30.3. The molecule has 1 aliphatic rings. The molecule has 6 rings (SSSR count). The number of thiazole rings is 1. The quantitative estimate of drug-likeness (QED) is 0.199. The summed E-state index contributed by atoms with van der Waals surface area (Å²) in [5.74, 6) is -3.66. The fourth-order valence-electron chi connectivity index (χ4n) is 5.00. The highest BCUT2D eigenvalue weighted by molar-refractivity contribution is 7.21. The third-order valence-electron chi connectivity index (χ3n) is 6.96. The van der Waals surface area contributed by atoms with Crippen LogP contribution < -0.4 is 19.5 Å². The van der Waals surface area contributed by atoms with Gasteiger partial charge < -0.3 is 24.1 Å². The number of hydrogen-bond donors (Lipinski definition) is 2. The SMILES string of the molecule is COc1cnc2c(-c3nc4cc(F)c(OC5CC(F)(F)CC5OC(=O)Nc5cnc(OCCO)nc5)cc4s3)cc(C)cc2c1. The van der Waals surface area contributed by atoms with E-state index in [0.29, 0.717) is 26.5 Å². The van der Waals surface area contributed by atoms with E-state index < -0.39 is 42.9 Å². The van der Waals surface area contributed by atoms with E-state index in [1.807, 2.05) is 25.1 Å². The number of fused-ring (bicyclic) bond motifs is 2. The zero-order valence-corrected chi connectivity index (χ0v) is 24.7. The molecule has 0 bridgehead atoms. The lowest BCUT2D eigenvalue weighted by Crippen LogP contribution is -2.32. The number of nitrogens with zero attached hydrogens (tertiary/aromatic N) is 4. The van der Waals surface area contributed by atoms with Gasteiger partial charge in [0.15, 0.2) is 11.6 Å². The Labute approximate surface area is 258 Å². The van der Waals surface area contributed by atoms with Crippen LogP contribution in [0.1, 0.15) is 18.4 Å². The molecule has 1 saturated carbocycles. The van der Waals surface area contributed by atoms with Gasteiger partial charge in [-0.1, -0.05) is 0 Å². The maximum absolute atomic E-state index is 15.2. The number of carbonyl (C=O) groups is 1. The van der Waals surface area contributed by atoms with Crippen LogP contribution in [0.5, 0.6) is 17.5 Å². The summed E-state index contributed by atoms with van der Waals surface area (Å²) in [6.45, 7) is 1.70. The number of amides is 1. The standard InChI is InChI=1S/C30H26F3N5O6S/c1-15-5-16-7-18(41-2)14-34-26(16)19(6-15)27-38-21-8-20(31)22(9-25(21)45-27)43-23-10-30(32,33)11-24(23)44-29(40)37-17-12-35-28(36-13-17)42-4-3-39/h5-9,12-14,23-24,39H,3-4,10-11H2,1-2H3,(H,37,40). The monoisotopic (exact) mass is 641 g/mol. The van der Waals surface area contributed by atoms with Crippen LogP contribution in [-0.2, 0) is 4.74 Å². The van der Waals surface area contributed by atoms with E-state index in [2.05, 4.69) is 25.3 Å². The van der Waals surface area contributed by atoms with Crippen molar-refractivity contribution < 1.29 is 42.0 Å². The second-order valence-electron chi connectivity index (χ2n) is 10.3. The molecule has 2 N–H and O–H groups in total. The van der Waals surface area contributed by atoms with Crippen LogP contribution in [0.3, 0.4) is 0 Å². The third kappa shape index (κ3) is 6.68. The molecule has 11 nitrogen and oxygen atoms in total. The molecule has 3 aromatic heterocycles. The Morgan fingerprint density at radius 3 is 2.62 bits per heavy atom. The maximum atomic E-state index is 15.2. The predicted octanol–water partition coefficient (Wildman–Crippen LogP) is 5.92. The Morgan fingerprint density at radius 2 is 1.87 bits per heavy atom. The van der Waals surface area contributed by atoms with Crippen molar-refractivity contribution in [1.29, 1.82) is 0 Å². The van der Waals surface area contributed by atoms with Gasteiger partial charge in [0.1, 0.15) is 29.6 Å². The molecule has 0 saturated heterocycles. The summed E-state index contributed by atoms with van der Waals surface area (Å²) >= 11 is 1.28. The van der Waals surface area contributed by atoms with E-state index in [1.54, 1.807) is 13.3 Å². The summed E-state index contributed by atoms with van der Waals surface area (Å²) in [5.41, 5.74) is 2.90. The Balaban J connectivity index is 1.21.